The molecule has 29 heavy (non-hydrogen) atoms. The minimum atomic E-state index is -4.46. The summed E-state index contributed by atoms with van der Waals surface area (Å²) in [4.78, 5) is 20.4. The van der Waals surface area contributed by atoms with Crippen molar-refractivity contribution < 1.29 is 22.7 Å². The number of nitriles is 1. The number of hydrogen-bond acceptors (Lipinski definition) is 6. The Balaban J connectivity index is 2.00. The molecule has 0 atom stereocenters. The van der Waals surface area contributed by atoms with Crippen LogP contribution in [0.3, 0.4) is 0 Å². The van der Waals surface area contributed by atoms with Gasteiger partial charge in [0.05, 0.1) is 34.0 Å². The van der Waals surface area contributed by atoms with E-state index in [4.69, 9.17) is 5.26 Å². The minimum absolute atomic E-state index is 0.122. The summed E-state index contributed by atoms with van der Waals surface area (Å²) >= 11 is 0. The molecule has 0 unspecified atom stereocenters. The number of hydrogen-bond donors (Lipinski definition) is 1. The zero-order chi connectivity index (χ0) is 21.2. The summed E-state index contributed by atoms with van der Waals surface area (Å²) < 4.78 is 43.1. The third-order valence-corrected chi connectivity index (χ3v) is 4.00. The molecule has 0 saturated carbocycles. The molecule has 11 heteroatoms. The van der Waals surface area contributed by atoms with Gasteiger partial charge in [-0.25, -0.2) is 9.67 Å². The smallest absolute Gasteiger partial charge is 0.422 e. The Morgan fingerprint density at radius 1 is 1.31 bits per heavy atom. The summed E-state index contributed by atoms with van der Waals surface area (Å²) in [5, 5.41) is 16.0. The highest BCUT2D eigenvalue weighted by atomic mass is 19.4. The number of aromatic nitrogens is 4. The Hall–Kier alpha value is -3.68. The van der Waals surface area contributed by atoms with E-state index in [1.165, 1.54) is 23.0 Å². The van der Waals surface area contributed by atoms with Crippen molar-refractivity contribution >= 4 is 16.8 Å². The maximum atomic E-state index is 12.3. The van der Waals surface area contributed by atoms with E-state index in [1.807, 2.05) is 6.07 Å². The number of alkyl halides is 3. The molecular weight excluding hydrogens is 389 g/mol. The molecule has 0 bridgehead atoms. The van der Waals surface area contributed by atoms with Gasteiger partial charge in [0, 0.05) is 12.3 Å². The Bertz CT molecular complexity index is 1120. The summed E-state index contributed by atoms with van der Waals surface area (Å²) in [5.74, 6) is -0.665. The monoisotopic (exact) mass is 404 g/mol. The zero-order valence-corrected chi connectivity index (χ0v) is 15.4. The van der Waals surface area contributed by atoms with Crippen LogP contribution in [0.5, 0.6) is 5.88 Å². The second kappa shape index (κ2) is 7.75. The van der Waals surface area contributed by atoms with Crippen molar-refractivity contribution in [3.63, 3.8) is 0 Å². The number of pyridine rings is 2. The van der Waals surface area contributed by atoms with Crippen LogP contribution in [0.25, 0.3) is 16.6 Å². The summed E-state index contributed by atoms with van der Waals surface area (Å²) in [6, 6.07) is 6.31. The van der Waals surface area contributed by atoms with Gasteiger partial charge in [0.1, 0.15) is 12.2 Å². The van der Waals surface area contributed by atoms with Gasteiger partial charge in [0.25, 0.3) is 5.91 Å². The number of halogens is 3. The Kier molecular flexibility index (Phi) is 5.36. The molecule has 0 spiro atoms. The number of aryl methyl sites for hydroxylation is 2. The first-order chi connectivity index (χ1) is 13.7. The Morgan fingerprint density at radius 3 is 2.72 bits per heavy atom. The van der Waals surface area contributed by atoms with Crippen molar-refractivity contribution in [2.45, 2.75) is 20.0 Å². The maximum Gasteiger partial charge on any atom is 0.422 e. The number of rotatable bonds is 5. The van der Waals surface area contributed by atoms with Gasteiger partial charge >= 0.3 is 6.18 Å². The van der Waals surface area contributed by atoms with Crippen LogP contribution < -0.4 is 10.1 Å². The highest BCUT2D eigenvalue weighted by Crippen LogP contribution is 2.26. The van der Waals surface area contributed by atoms with Crippen molar-refractivity contribution in [3.05, 3.63) is 41.5 Å². The molecule has 3 heterocycles. The highest BCUT2D eigenvalue weighted by Gasteiger charge is 2.28. The summed E-state index contributed by atoms with van der Waals surface area (Å²) in [5.41, 5.74) is 2.11. The third-order valence-electron chi connectivity index (χ3n) is 4.00. The lowest BCUT2D eigenvalue weighted by molar-refractivity contribution is -0.154. The predicted octanol–water partition coefficient (Wildman–Crippen LogP) is 2.63. The fourth-order valence-electron chi connectivity index (χ4n) is 2.78. The van der Waals surface area contributed by atoms with Gasteiger partial charge < -0.3 is 10.1 Å². The van der Waals surface area contributed by atoms with Crippen LogP contribution in [0.4, 0.5) is 13.2 Å². The lowest BCUT2D eigenvalue weighted by atomic mass is 10.2. The quantitative estimate of drug-likeness (QED) is 0.656. The van der Waals surface area contributed by atoms with Gasteiger partial charge in [-0.2, -0.15) is 23.5 Å². The van der Waals surface area contributed by atoms with E-state index >= 15 is 0 Å². The second-order valence-corrected chi connectivity index (χ2v) is 6.05. The van der Waals surface area contributed by atoms with Crippen LogP contribution in [-0.4, -0.2) is 45.0 Å². The van der Waals surface area contributed by atoms with Crippen molar-refractivity contribution in [2.75, 3.05) is 13.2 Å². The van der Waals surface area contributed by atoms with Crippen LogP contribution in [0.15, 0.2) is 24.4 Å². The van der Waals surface area contributed by atoms with Crippen LogP contribution in [0.1, 0.15) is 21.9 Å². The molecule has 1 N–H and O–H groups in total. The van der Waals surface area contributed by atoms with E-state index in [-0.39, 0.29) is 18.1 Å². The van der Waals surface area contributed by atoms with Gasteiger partial charge in [-0.3, -0.25) is 9.78 Å². The SMILES string of the molecule is Cc1nc(OCC(F)(F)F)ccc1-n1nc2ccnc(C(=O)NCC#N)c2c1C. The van der Waals surface area contributed by atoms with Gasteiger partial charge in [-0.05, 0) is 26.0 Å². The molecule has 3 aromatic heterocycles. The summed E-state index contributed by atoms with van der Waals surface area (Å²) in [7, 11) is 0. The van der Waals surface area contributed by atoms with E-state index in [0.29, 0.717) is 28.0 Å². The van der Waals surface area contributed by atoms with Gasteiger partial charge in [-0.1, -0.05) is 0 Å². The largest absolute Gasteiger partial charge is 0.468 e. The Labute approximate surface area is 162 Å². The predicted molar refractivity (Wildman–Crippen MR) is 95.6 cm³/mol. The first-order valence-electron chi connectivity index (χ1n) is 8.38. The van der Waals surface area contributed by atoms with Crippen LogP contribution >= 0.6 is 0 Å². The molecule has 8 nitrogen and oxygen atoms in total. The maximum absolute atomic E-state index is 12.3. The number of nitrogens with one attached hydrogen (secondary N) is 1. The topological polar surface area (TPSA) is 106 Å². The summed E-state index contributed by atoms with van der Waals surface area (Å²) in [6.45, 7) is 1.74. The van der Waals surface area contributed by atoms with Crippen LogP contribution in [0.2, 0.25) is 0 Å². The Morgan fingerprint density at radius 2 is 2.07 bits per heavy atom. The average molecular weight is 404 g/mol. The standard InChI is InChI=1S/C18H15F3N6O2/c1-10-13(3-4-14(25-10)29-9-18(19,20)21)27-11(2)15-12(26-27)5-7-23-16(15)17(28)24-8-6-22/h3-5,7H,8-9H2,1-2H3,(H,24,28). The minimum Gasteiger partial charge on any atom is -0.468 e. The molecule has 0 aliphatic heterocycles. The molecule has 0 fully saturated rings. The van der Waals surface area contributed by atoms with Crippen molar-refractivity contribution in [2.24, 2.45) is 0 Å². The van der Waals surface area contributed by atoms with Gasteiger partial charge in [-0.15, -0.1) is 0 Å². The normalized spacial score (nSPS) is 11.3. The van der Waals surface area contributed by atoms with E-state index in [1.54, 1.807) is 19.9 Å². The van der Waals surface area contributed by atoms with Crippen LogP contribution in [-0.2, 0) is 0 Å². The molecule has 0 aliphatic rings. The highest BCUT2D eigenvalue weighted by molar-refractivity contribution is 6.05. The van der Waals surface area contributed by atoms with E-state index in [0.717, 1.165) is 0 Å². The van der Waals surface area contributed by atoms with E-state index < -0.39 is 18.7 Å². The molecule has 1 amide bonds. The molecule has 0 saturated heterocycles. The van der Waals surface area contributed by atoms with E-state index in [9.17, 15) is 18.0 Å². The van der Waals surface area contributed by atoms with Crippen molar-refractivity contribution in [1.82, 2.24) is 25.1 Å². The lowest BCUT2D eigenvalue weighted by Crippen LogP contribution is -2.24. The van der Waals surface area contributed by atoms with Crippen molar-refractivity contribution in [1.29, 1.82) is 5.26 Å². The second-order valence-electron chi connectivity index (χ2n) is 6.05. The molecule has 0 radical (unpaired) electrons. The number of carbonyl (C=O) groups excluding carboxylic acids is 1. The number of amides is 1. The van der Waals surface area contributed by atoms with Crippen LogP contribution in [0, 0.1) is 25.2 Å². The molecule has 3 aromatic rings. The summed E-state index contributed by atoms with van der Waals surface area (Å²) in [6.07, 6.45) is -3.03. The number of nitrogens with zero attached hydrogens (tertiary/aromatic N) is 5. The molecule has 0 aromatic carbocycles. The molecular formula is C18H15F3N6O2. The molecule has 0 aliphatic carbocycles. The molecule has 150 valence electrons. The lowest BCUT2D eigenvalue weighted by Gasteiger charge is -2.11. The fourth-order valence-corrected chi connectivity index (χ4v) is 2.78. The zero-order valence-electron chi connectivity index (χ0n) is 15.4. The van der Waals surface area contributed by atoms with Gasteiger partial charge in [0.2, 0.25) is 5.88 Å². The number of carbonyl (C=O) groups is 1. The first-order valence-corrected chi connectivity index (χ1v) is 8.38. The van der Waals surface area contributed by atoms with E-state index in [2.05, 4.69) is 25.1 Å². The first kappa shape index (κ1) is 20.1. The number of fused-ring (bicyclic) bond motifs is 1. The van der Waals surface area contributed by atoms with Gasteiger partial charge in [0.15, 0.2) is 6.61 Å². The molecule has 3 rings (SSSR count). The average Bonchev–Trinajstić information content (AvgIpc) is 3.00. The fraction of sp³-hybridized carbons (Fsp3) is 0.278. The van der Waals surface area contributed by atoms with Crippen molar-refractivity contribution in [3.8, 4) is 17.6 Å². The third kappa shape index (κ3) is 4.26. The number of ether oxygens (including phenoxy) is 1.